The molecule has 92 valence electrons. The standard InChI is InChI=1S/C13H13N3OS/c1-7-3-4-11-9(5-7)15-12(17-11)10-6-18-13(16-10)8(2)14/h3-6,8H,14H2,1-2H3. The first-order valence-corrected chi connectivity index (χ1v) is 6.60. The zero-order valence-electron chi connectivity index (χ0n) is 10.2. The highest BCUT2D eigenvalue weighted by atomic mass is 32.1. The van der Waals surface area contributed by atoms with E-state index >= 15 is 0 Å². The van der Waals surface area contributed by atoms with Crippen molar-refractivity contribution in [3.05, 3.63) is 34.2 Å². The molecule has 1 atom stereocenters. The Kier molecular flexibility index (Phi) is 2.65. The van der Waals surface area contributed by atoms with Crippen LogP contribution in [-0.4, -0.2) is 9.97 Å². The Labute approximate surface area is 108 Å². The van der Waals surface area contributed by atoms with Gasteiger partial charge in [0.15, 0.2) is 5.58 Å². The van der Waals surface area contributed by atoms with E-state index in [4.69, 9.17) is 10.2 Å². The SMILES string of the molecule is Cc1ccc2oc(-c3csc(C(C)N)n3)nc2c1. The van der Waals surface area contributed by atoms with Crippen LogP contribution in [0.25, 0.3) is 22.7 Å². The van der Waals surface area contributed by atoms with E-state index in [9.17, 15) is 0 Å². The van der Waals surface area contributed by atoms with Gasteiger partial charge in [0.25, 0.3) is 0 Å². The molecule has 0 spiro atoms. The fraction of sp³-hybridized carbons (Fsp3) is 0.231. The third-order valence-electron chi connectivity index (χ3n) is 2.67. The van der Waals surface area contributed by atoms with E-state index in [0.717, 1.165) is 27.4 Å². The molecule has 2 heterocycles. The van der Waals surface area contributed by atoms with Crippen molar-refractivity contribution in [2.75, 3.05) is 0 Å². The predicted molar refractivity (Wildman–Crippen MR) is 72.5 cm³/mol. The summed E-state index contributed by atoms with van der Waals surface area (Å²) in [6.07, 6.45) is 0. The Balaban J connectivity index is 2.07. The average Bonchev–Trinajstić information content (AvgIpc) is 2.93. The Hall–Kier alpha value is -1.72. The van der Waals surface area contributed by atoms with Crippen molar-refractivity contribution < 1.29 is 4.42 Å². The monoisotopic (exact) mass is 259 g/mol. The Bertz CT molecular complexity index is 699. The second-order valence-electron chi connectivity index (χ2n) is 4.35. The third-order valence-corrected chi connectivity index (χ3v) is 3.72. The lowest BCUT2D eigenvalue weighted by Gasteiger charge is -1.95. The highest BCUT2D eigenvalue weighted by Crippen LogP contribution is 2.27. The number of fused-ring (bicyclic) bond motifs is 1. The highest BCUT2D eigenvalue weighted by molar-refractivity contribution is 7.10. The molecule has 2 aromatic heterocycles. The van der Waals surface area contributed by atoms with E-state index in [1.165, 1.54) is 11.3 Å². The quantitative estimate of drug-likeness (QED) is 0.767. The number of nitrogens with zero attached hydrogens (tertiary/aromatic N) is 2. The molecule has 0 aliphatic rings. The molecule has 2 N–H and O–H groups in total. The van der Waals surface area contributed by atoms with Crippen molar-refractivity contribution in [3.8, 4) is 11.6 Å². The van der Waals surface area contributed by atoms with Gasteiger partial charge in [-0.2, -0.15) is 0 Å². The molecule has 0 fully saturated rings. The summed E-state index contributed by atoms with van der Waals surface area (Å²) in [5.74, 6) is 0.554. The summed E-state index contributed by atoms with van der Waals surface area (Å²) in [4.78, 5) is 8.89. The number of rotatable bonds is 2. The van der Waals surface area contributed by atoms with Crippen LogP contribution >= 0.6 is 11.3 Å². The number of aryl methyl sites for hydroxylation is 1. The Morgan fingerprint density at radius 1 is 1.33 bits per heavy atom. The zero-order chi connectivity index (χ0) is 12.7. The molecular formula is C13H13N3OS. The highest BCUT2D eigenvalue weighted by Gasteiger charge is 2.13. The Morgan fingerprint density at radius 2 is 2.17 bits per heavy atom. The largest absolute Gasteiger partial charge is 0.435 e. The van der Waals surface area contributed by atoms with Gasteiger partial charge in [-0.3, -0.25) is 0 Å². The van der Waals surface area contributed by atoms with Gasteiger partial charge >= 0.3 is 0 Å². The summed E-state index contributed by atoms with van der Waals surface area (Å²) in [6.45, 7) is 3.95. The molecule has 5 heteroatoms. The second-order valence-corrected chi connectivity index (χ2v) is 5.24. The van der Waals surface area contributed by atoms with Crippen LogP contribution in [0.5, 0.6) is 0 Å². The first-order chi connectivity index (χ1) is 8.63. The van der Waals surface area contributed by atoms with Gasteiger partial charge in [0.05, 0.1) is 6.04 Å². The third kappa shape index (κ3) is 1.91. The summed E-state index contributed by atoms with van der Waals surface area (Å²) in [5.41, 5.74) is 9.36. The van der Waals surface area contributed by atoms with Gasteiger partial charge in [-0.05, 0) is 31.5 Å². The minimum Gasteiger partial charge on any atom is -0.435 e. The van der Waals surface area contributed by atoms with Crippen LogP contribution < -0.4 is 5.73 Å². The van der Waals surface area contributed by atoms with Crippen molar-refractivity contribution in [3.63, 3.8) is 0 Å². The van der Waals surface area contributed by atoms with E-state index in [2.05, 4.69) is 9.97 Å². The minimum absolute atomic E-state index is 0.0598. The zero-order valence-corrected chi connectivity index (χ0v) is 11.0. The summed E-state index contributed by atoms with van der Waals surface area (Å²) < 4.78 is 5.69. The molecule has 0 saturated heterocycles. The lowest BCUT2D eigenvalue weighted by Crippen LogP contribution is -2.03. The number of benzene rings is 1. The lowest BCUT2D eigenvalue weighted by atomic mass is 10.2. The molecule has 1 aromatic carbocycles. The average molecular weight is 259 g/mol. The predicted octanol–water partition coefficient (Wildman–Crippen LogP) is 3.28. The van der Waals surface area contributed by atoms with Crippen LogP contribution in [0.3, 0.4) is 0 Å². The first-order valence-electron chi connectivity index (χ1n) is 5.72. The van der Waals surface area contributed by atoms with Crippen LogP contribution in [0.4, 0.5) is 0 Å². The van der Waals surface area contributed by atoms with Gasteiger partial charge in [0.1, 0.15) is 16.2 Å². The topological polar surface area (TPSA) is 64.9 Å². The number of hydrogen-bond donors (Lipinski definition) is 1. The number of nitrogens with two attached hydrogens (primary N) is 1. The van der Waals surface area contributed by atoms with Crippen LogP contribution in [0.15, 0.2) is 28.0 Å². The van der Waals surface area contributed by atoms with Crippen molar-refractivity contribution in [2.45, 2.75) is 19.9 Å². The molecule has 0 saturated carbocycles. The van der Waals surface area contributed by atoms with Gasteiger partial charge in [-0.25, -0.2) is 9.97 Å². The fourth-order valence-electron chi connectivity index (χ4n) is 1.74. The van der Waals surface area contributed by atoms with Crippen molar-refractivity contribution in [1.29, 1.82) is 0 Å². The molecule has 3 aromatic rings. The first kappa shape index (κ1) is 11.4. The summed E-state index contributed by atoms with van der Waals surface area (Å²) in [7, 11) is 0. The summed E-state index contributed by atoms with van der Waals surface area (Å²) in [5, 5.41) is 2.82. The maximum atomic E-state index is 5.80. The maximum Gasteiger partial charge on any atom is 0.247 e. The molecule has 0 bridgehead atoms. The van der Waals surface area contributed by atoms with E-state index in [1.54, 1.807) is 0 Å². The maximum absolute atomic E-state index is 5.80. The second kappa shape index (κ2) is 4.19. The van der Waals surface area contributed by atoms with Crippen molar-refractivity contribution in [2.24, 2.45) is 5.73 Å². The number of oxazole rings is 1. The lowest BCUT2D eigenvalue weighted by molar-refractivity contribution is 0.616. The Morgan fingerprint density at radius 3 is 2.89 bits per heavy atom. The van der Waals surface area contributed by atoms with Crippen LogP contribution in [-0.2, 0) is 0 Å². The van der Waals surface area contributed by atoms with Crippen LogP contribution in [0.2, 0.25) is 0 Å². The van der Waals surface area contributed by atoms with Gasteiger partial charge in [-0.15, -0.1) is 11.3 Å². The molecule has 4 nitrogen and oxygen atoms in total. The van der Waals surface area contributed by atoms with E-state index in [-0.39, 0.29) is 6.04 Å². The number of thiazole rings is 1. The van der Waals surface area contributed by atoms with E-state index < -0.39 is 0 Å². The van der Waals surface area contributed by atoms with Gasteiger partial charge in [0.2, 0.25) is 5.89 Å². The van der Waals surface area contributed by atoms with Crippen molar-refractivity contribution >= 4 is 22.4 Å². The van der Waals surface area contributed by atoms with Crippen LogP contribution in [0.1, 0.15) is 23.5 Å². The molecule has 3 rings (SSSR count). The van der Waals surface area contributed by atoms with E-state index in [1.807, 2.05) is 37.4 Å². The number of aromatic nitrogens is 2. The summed E-state index contributed by atoms with van der Waals surface area (Å²) in [6, 6.07) is 5.88. The van der Waals surface area contributed by atoms with Crippen LogP contribution in [0, 0.1) is 6.92 Å². The number of hydrogen-bond acceptors (Lipinski definition) is 5. The van der Waals surface area contributed by atoms with E-state index in [0.29, 0.717) is 5.89 Å². The molecule has 1 unspecified atom stereocenters. The molecule has 18 heavy (non-hydrogen) atoms. The molecule has 0 aliphatic carbocycles. The van der Waals surface area contributed by atoms with Gasteiger partial charge < -0.3 is 10.2 Å². The van der Waals surface area contributed by atoms with Crippen molar-refractivity contribution in [1.82, 2.24) is 9.97 Å². The normalized spacial score (nSPS) is 13.1. The molecular weight excluding hydrogens is 246 g/mol. The minimum atomic E-state index is -0.0598. The summed E-state index contributed by atoms with van der Waals surface area (Å²) >= 11 is 1.53. The smallest absolute Gasteiger partial charge is 0.247 e. The fourth-order valence-corrected chi connectivity index (χ4v) is 2.49. The molecule has 0 aliphatic heterocycles. The molecule has 0 amide bonds. The molecule has 0 radical (unpaired) electrons. The van der Waals surface area contributed by atoms with Gasteiger partial charge in [-0.1, -0.05) is 6.07 Å². The van der Waals surface area contributed by atoms with Gasteiger partial charge in [0, 0.05) is 5.38 Å².